The first-order valence-corrected chi connectivity index (χ1v) is 13.2. The molecule has 2 aliphatic carbocycles. The van der Waals surface area contributed by atoms with Crippen LogP contribution in [0, 0.1) is 0 Å². The molecule has 2 aromatic rings. The van der Waals surface area contributed by atoms with Crippen molar-refractivity contribution < 1.29 is 17.9 Å². The molecular weight excluding hydrogens is 444 g/mol. The second kappa shape index (κ2) is 7.69. The fourth-order valence-corrected chi connectivity index (χ4v) is 6.43. The third-order valence-corrected chi connectivity index (χ3v) is 8.68. The maximum absolute atomic E-state index is 13.0. The van der Waals surface area contributed by atoms with E-state index in [1.54, 1.807) is 4.68 Å². The summed E-state index contributed by atoms with van der Waals surface area (Å²) in [5, 5.41) is 7.07. The van der Waals surface area contributed by atoms with Gasteiger partial charge in [0.05, 0.1) is 24.5 Å². The van der Waals surface area contributed by atoms with Gasteiger partial charge in [-0.2, -0.15) is 5.10 Å². The van der Waals surface area contributed by atoms with E-state index in [9.17, 15) is 13.2 Å². The van der Waals surface area contributed by atoms with Crippen LogP contribution in [0.5, 0.6) is 5.88 Å². The largest absolute Gasteiger partial charge is 0.475 e. The molecule has 2 atom stereocenters. The highest BCUT2D eigenvalue weighted by Gasteiger charge is 2.35. The summed E-state index contributed by atoms with van der Waals surface area (Å²) < 4.78 is 35.6. The van der Waals surface area contributed by atoms with E-state index in [1.807, 2.05) is 0 Å². The van der Waals surface area contributed by atoms with E-state index < -0.39 is 16.1 Å². The predicted molar refractivity (Wildman–Crippen MR) is 120 cm³/mol. The molecule has 10 nitrogen and oxygen atoms in total. The lowest BCUT2D eigenvalue weighted by Gasteiger charge is -2.40. The molecule has 1 fully saturated rings. The van der Waals surface area contributed by atoms with Crippen LogP contribution in [0.4, 0.5) is 10.5 Å². The number of sulfonamides is 1. The number of urea groups is 1. The normalized spacial score (nSPS) is 23.8. The van der Waals surface area contributed by atoms with Crippen molar-refractivity contribution in [1.29, 1.82) is 0 Å². The van der Waals surface area contributed by atoms with Crippen LogP contribution in [0.15, 0.2) is 11.1 Å². The van der Waals surface area contributed by atoms with E-state index >= 15 is 0 Å². The lowest BCUT2D eigenvalue weighted by atomic mass is 10.0. The van der Waals surface area contributed by atoms with E-state index in [2.05, 4.69) is 27.0 Å². The number of likely N-dealkylation sites (tertiary alicyclic amines) is 1. The van der Waals surface area contributed by atoms with Crippen LogP contribution in [-0.4, -0.2) is 59.9 Å². The number of nitrogens with one attached hydrogen (secondary N) is 2. The van der Waals surface area contributed by atoms with Crippen molar-refractivity contribution in [3.8, 4) is 5.88 Å². The molecule has 2 unspecified atom stereocenters. The fraction of sp³-hybridized carbons (Fsp3) is 0.591. The Bertz CT molecular complexity index is 1240. The predicted octanol–water partition coefficient (Wildman–Crippen LogP) is 1.79. The first-order valence-electron chi connectivity index (χ1n) is 11.7. The molecule has 1 saturated heterocycles. The van der Waals surface area contributed by atoms with Crippen LogP contribution >= 0.6 is 0 Å². The number of hydrogen-bond acceptors (Lipinski definition) is 7. The van der Waals surface area contributed by atoms with Crippen molar-refractivity contribution in [3.63, 3.8) is 0 Å². The Hall–Kier alpha value is -2.66. The zero-order valence-corrected chi connectivity index (χ0v) is 19.4. The number of fused-ring (bicyclic) bond motifs is 3. The Morgan fingerprint density at radius 2 is 2.03 bits per heavy atom. The number of anilines is 1. The number of ether oxygens (including phenoxy) is 1. The lowest BCUT2D eigenvalue weighted by molar-refractivity contribution is 0.0417. The molecule has 2 N–H and O–H groups in total. The molecule has 0 spiro atoms. The fourth-order valence-electron chi connectivity index (χ4n) is 5.44. The number of carbonyl (C=O) groups is 1. The number of aryl methyl sites for hydroxylation is 1. The molecule has 2 aromatic heterocycles. The van der Waals surface area contributed by atoms with Crippen molar-refractivity contribution in [1.82, 2.24) is 24.4 Å². The minimum Gasteiger partial charge on any atom is -0.475 e. The van der Waals surface area contributed by atoms with E-state index in [1.165, 1.54) is 12.6 Å². The Labute approximate surface area is 192 Å². The molecular formula is C22H28N6O4S. The van der Waals surface area contributed by atoms with Crippen LogP contribution < -0.4 is 14.8 Å². The van der Waals surface area contributed by atoms with Gasteiger partial charge in [-0.15, -0.1) is 0 Å². The zero-order valence-electron chi connectivity index (χ0n) is 18.6. The van der Waals surface area contributed by atoms with Crippen molar-refractivity contribution in [3.05, 3.63) is 28.7 Å². The highest BCUT2D eigenvalue weighted by Crippen LogP contribution is 2.41. The first-order chi connectivity index (χ1) is 15.9. The highest BCUT2D eigenvalue weighted by atomic mass is 32.2. The van der Waals surface area contributed by atoms with Crippen molar-refractivity contribution >= 4 is 21.7 Å². The van der Waals surface area contributed by atoms with Gasteiger partial charge < -0.3 is 10.1 Å². The molecule has 2 amide bonds. The molecule has 6 rings (SSSR count). The molecule has 0 aromatic carbocycles. The quantitative estimate of drug-likeness (QED) is 0.696. The molecule has 4 heterocycles. The number of carbonyl (C=O) groups excluding carboxylic acids is 1. The van der Waals surface area contributed by atoms with Gasteiger partial charge in [-0.05, 0) is 68.7 Å². The Kier molecular flexibility index (Phi) is 4.88. The van der Waals surface area contributed by atoms with Gasteiger partial charge in [0.15, 0.2) is 4.90 Å². The maximum Gasteiger partial charge on any atom is 0.333 e. The molecule has 11 heteroatoms. The minimum absolute atomic E-state index is 0.112. The van der Waals surface area contributed by atoms with Gasteiger partial charge in [-0.1, -0.05) is 6.92 Å². The molecule has 33 heavy (non-hydrogen) atoms. The molecule has 176 valence electrons. The van der Waals surface area contributed by atoms with Crippen molar-refractivity contribution in [2.24, 2.45) is 0 Å². The SMILES string of the molecule is CC1CCc2c1nc1c(c2NC(=O)NS(=O)(=O)c2cnn3c2OCC(N2CCC2)C3)CCC1. The molecule has 0 saturated carbocycles. The van der Waals surface area contributed by atoms with Crippen LogP contribution in [0.2, 0.25) is 0 Å². The number of hydrogen-bond donors (Lipinski definition) is 2. The van der Waals surface area contributed by atoms with E-state index in [4.69, 9.17) is 9.72 Å². The van der Waals surface area contributed by atoms with Crippen LogP contribution in [0.3, 0.4) is 0 Å². The second-order valence-electron chi connectivity index (χ2n) is 9.48. The van der Waals surface area contributed by atoms with Gasteiger partial charge >= 0.3 is 6.03 Å². The summed E-state index contributed by atoms with van der Waals surface area (Å²) in [4.78, 5) is 19.9. The Morgan fingerprint density at radius 1 is 1.18 bits per heavy atom. The standard InChI is InChI=1S/C22H28N6O4S/c1-13-6-7-16-19(13)24-17-5-2-4-15(17)20(16)25-22(29)26-33(30,31)18-10-23-28-11-14(12-32-21(18)28)27-8-3-9-27/h10,13-14H,2-9,11-12H2,1H3,(H2,24,25,26,29). The summed E-state index contributed by atoms with van der Waals surface area (Å²) in [6.07, 6.45) is 6.97. The minimum atomic E-state index is -4.15. The van der Waals surface area contributed by atoms with Crippen LogP contribution in [0.25, 0.3) is 0 Å². The average molecular weight is 473 g/mol. The summed E-state index contributed by atoms with van der Waals surface area (Å²) in [5.74, 6) is 0.529. The summed E-state index contributed by atoms with van der Waals surface area (Å²) in [7, 11) is -4.15. The third kappa shape index (κ3) is 3.48. The molecule has 4 aliphatic rings. The summed E-state index contributed by atoms with van der Waals surface area (Å²) in [6, 6.07) is -0.581. The van der Waals surface area contributed by atoms with Crippen LogP contribution in [-0.2, 0) is 35.8 Å². The average Bonchev–Trinajstić information content (AvgIpc) is 3.45. The van der Waals surface area contributed by atoms with Crippen molar-refractivity contribution in [2.45, 2.75) is 68.8 Å². The van der Waals surface area contributed by atoms with Crippen LogP contribution in [0.1, 0.15) is 54.6 Å². The molecule has 2 aliphatic heterocycles. The van der Waals surface area contributed by atoms with Gasteiger partial charge in [0.1, 0.15) is 6.61 Å². The topological polar surface area (TPSA) is 118 Å². The summed E-state index contributed by atoms with van der Waals surface area (Å²) in [5.41, 5.74) is 4.88. The Balaban J connectivity index is 1.22. The zero-order chi connectivity index (χ0) is 22.7. The van der Waals surface area contributed by atoms with Gasteiger partial charge in [0, 0.05) is 11.4 Å². The summed E-state index contributed by atoms with van der Waals surface area (Å²) in [6.45, 7) is 5.18. The number of amides is 2. The Morgan fingerprint density at radius 3 is 2.82 bits per heavy atom. The third-order valence-electron chi connectivity index (χ3n) is 7.37. The molecule has 0 radical (unpaired) electrons. The lowest BCUT2D eigenvalue weighted by Crippen LogP contribution is -2.51. The number of aromatic nitrogens is 3. The van der Waals surface area contributed by atoms with Gasteiger partial charge in [0.25, 0.3) is 10.0 Å². The van der Waals surface area contributed by atoms with Crippen molar-refractivity contribution in [2.75, 3.05) is 25.0 Å². The maximum atomic E-state index is 13.0. The summed E-state index contributed by atoms with van der Waals surface area (Å²) >= 11 is 0. The second-order valence-corrected chi connectivity index (χ2v) is 11.1. The van der Waals surface area contributed by atoms with Gasteiger partial charge in [-0.3, -0.25) is 9.88 Å². The van der Waals surface area contributed by atoms with E-state index in [0.29, 0.717) is 19.1 Å². The molecule has 0 bridgehead atoms. The number of pyridine rings is 1. The van der Waals surface area contributed by atoms with Gasteiger partial charge in [0.2, 0.25) is 5.88 Å². The smallest absolute Gasteiger partial charge is 0.333 e. The van der Waals surface area contributed by atoms with E-state index in [-0.39, 0.29) is 16.8 Å². The highest BCUT2D eigenvalue weighted by molar-refractivity contribution is 7.90. The van der Waals surface area contributed by atoms with E-state index in [0.717, 1.165) is 73.4 Å². The monoisotopic (exact) mass is 472 g/mol. The van der Waals surface area contributed by atoms with Gasteiger partial charge in [-0.25, -0.2) is 22.6 Å². The number of rotatable bonds is 4. The number of nitrogens with zero attached hydrogens (tertiary/aromatic N) is 4. The first kappa shape index (κ1) is 20.9.